The third-order valence-electron chi connectivity index (χ3n) is 4.12. The van der Waals surface area contributed by atoms with Crippen molar-refractivity contribution in [3.8, 4) is 0 Å². The highest BCUT2D eigenvalue weighted by atomic mass is 16.5. The molecule has 0 aliphatic heterocycles. The number of carbonyl (C=O) groups is 1. The molecule has 110 valence electrons. The normalized spacial score (nSPS) is 15.8. The number of hydrogen-bond donors (Lipinski definition) is 1. The van der Waals surface area contributed by atoms with Crippen molar-refractivity contribution >= 4 is 11.6 Å². The first-order valence-corrected chi connectivity index (χ1v) is 7.40. The quantitative estimate of drug-likeness (QED) is 0.926. The molecule has 21 heavy (non-hydrogen) atoms. The van der Waals surface area contributed by atoms with Crippen LogP contribution in [0.2, 0.25) is 0 Å². The molecule has 0 saturated heterocycles. The highest BCUT2D eigenvalue weighted by Gasteiger charge is 2.25. The Labute approximate surface area is 124 Å². The number of carbonyl (C=O) groups excluding carboxylic acids is 1. The molecule has 1 unspecified atom stereocenters. The molecule has 1 aromatic heterocycles. The van der Waals surface area contributed by atoms with E-state index in [0.29, 0.717) is 11.7 Å². The zero-order valence-electron chi connectivity index (χ0n) is 12.6. The molecule has 1 aromatic carbocycles. The summed E-state index contributed by atoms with van der Waals surface area (Å²) in [6, 6.07) is 8.15. The number of aromatic nitrogens is 1. The smallest absolute Gasteiger partial charge is 0.231 e. The van der Waals surface area contributed by atoms with Crippen molar-refractivity contribution in [3.05, 3.63) is 46.8 Å². The molecule has 1 aliphatic carbocycles. The van der Waals surface area contributed by atoms with Gasteiger partial charge >= 0.3 is 0 Å². The van der Waals surface area contributed by atoms with Gasteiger partial charge in [-0.25, -0.2) is 0 Å². The number of hydrogen-bond acceptors (Lipinski definition) is 3. The highest BCUT2D eigenvalue weighted by Crippen LogP contribution is 2.40. The summed E-state index contributed by atoms with van der Waals surface area (Å²) in [7, 11) is 0. The van der Waals surface area contributed by atoms with Gasteiger partial charge in [-0.15, -0.1) is 0 Å². The fourth-order valence-electron chi connectivity index (χ4n) is 2.78. The van der Waals surface area contributed by atoms with Crippen LogP contribution in [0.3, 0.4) is 0 Å². The second-order valence-corrected chi connectivity index (χ2v) is 5.85. The summed E-state index contributed by atoms with van der Waals surface area (Å²) in [5.74, 6) is 1.09. The molecule has 2 aromatic rings. The van der Waals surface area contributed by atoms with E-state index in [1.807, 2.05) is 32.9 Å². The fourth-order valence-corrected chi connectivity index (χ4v) is 2.78. The van der Waals surface area contributed by atoms with Gasteiger partial charge in [-0.1, -0.05) is 17.3 Å². The molecule has 1 N–H and O–H groups in total. The third-order valence-corrected chi connectivity index (χ3v) is 4.12. The second-order valence-electron chi connectivity index (χ2n) is 5.85. The lowest BCUT2D eigenvalue weighted by atomic mass is 9.98. The standard InChI is InChI=1S/C17H20N2O2/c1-10(16-11(2)19-21-12(16)3)17(20)18-15-6-4-5-14(9-15)13-7-8-13/h4-6,9-10,13H,7-8H2,1-3H3,(H,18,20). The monoisotopic (exact) mass is 284 g/mol. The second kappa shape index (κ2) is 5.35. The lowest BCUT2D eigenvalue weighted by Gasteiger charge is -2.12. The summed E-state index contributed by atoms with van der Waals surface area (Å²) in [4.78, 5) is 12.4. The lowest BCUT2D eigenvalue weighted by molar-refractivity contribution is -0.117. The van der Waals surface area contributed by atoms with Gasteiger partial charge in [0.05, 0.1) is 11.6 Å². The van der Waals surface area contributed by atoms with Crippen LogP contribution in [0.1, 0.15) is 54.2 Å². The van der Waals surface area contributed by atoms with Crippen molar-refractivity contribution in [2.75, 3.05) is 5.32 Å². The van der Waals surface area contributed by atoms with Crippen LogP contribution >= 0.6 is 0 Å². The van der Waals surface area contributed by atoms with Crippen molar-refractivity contribution in [1.82, 2.24) is 5.16 Å². The van der Waals surface area contributed by atoms with Crippen LogP contribution in [-0.2, 0) is 4.79 Å². The highest BCUT2D eigenvalue weighted by molar-refractivity contribution is 5.95. The number of amides is 1. The topological polar surface area (TPSA) is 55.1 Å². The van der Waals surface area contributed by atoms with Gasteiger partial charge in [0.1, 0.15) is 5.76 Å². The van der Waals surface area contributed by atoms with Crippen molar-refractivity contribution in [2.45, 2.75) is 45.4 Å². The Hall–Kier alpha value is -2.10. The number of nitrogens with zero attached hydrogens (tertiary/aromatic N) is 1. The van der Waals surface area contributed by atoms with Crippen molar-refractivity contribution in [1.29, 1.82) is 0 Å². The van der Waals surface area contributed by atoms with Gasteiger partial charge in [0, 0.05) is 11.3 Å². The maximum atomic E-state index is 12.4. The van der Waals surface area contributed by atoms with Crippen LogP contribution in [-0.4, -0.2) is 11.1 Å². The number of nitrogens with one attached hydrogen (secondary N) is 1. The summed E-state index contributed by atoms with van der Waals surface area (Å²) in [5.41, 5.74) is 3.84. The molecule has 1 atom stereocenters. The minimum atomic E-state index is -0.277. The SMILES string of the molecule is Cc1noc(C)c1C(C)C(=O)Nc1cccc(C2CC2)c1. The van der Waals surface area contributed by atoms with Crippen molar-refractivity contribution < 1.29 is 9.32 Å². The molecule has 0 bridgehead atoms. The minimum absolute atomic E-state index is 0.0302. The van der Waals surface area contributed by atoms with Gasteiger partial charge in [0.15, 0.2) is 0 Å². The van der Waals surface area contributed by atoms with Crippen LogP contribution in [0.15, 0.2) is 28.8 Å². The van der Waals surface area contributed by atoms with Crippen LogP contribution < -0.4 is 5.32 Å². The summed E-state index contributed by atoms with van der Waals surface area (Å²) >= 11 is 0. The van der Waals surface area contributed by atoms with E-state index in [9.17, 15) is 4.79 Å². The van der Waals surface area contributed by atoms with E-state index < -0.39 is 0 Å². The van der Waals surface area contributed by atoms with Gasteiger partial charge in [0.25, 0.3) is 0 Å². The first kappa shape index (κ1) is 13.9. The van der Waals surface area contributed by atoms with Gasteiger partial charge in [0.2, 0.25) is 5.91 Å². The van der Waals surface area contributed by atoms with Gasteiger partial charge in [-0.2, -0.15) is 0 Å². The zero-order chi connectivity index (χ0) is 15.0. The molecule has 1 fully saturated rings. The van der Waals surface area contributed by atoms with E-state index in [1.54, 1.807) is 0 Å². The van der Waals surface area contributed by atoms with E-state index in [-0.39, 0.29) is 11.8 Å². The van der Waals surface area contributed by atoms with Crippen LogP contribution in [0.25, 0.3) is 0 Å². The van der Waals surface area contributed by atoms with E-state index >= 15 is 0 Å². The van der Waals surface area contributed by atoms with E-state index in [0.717, 1.165) is 16.9 Å². The van der Waals surface area contributed by atoms with Gasteiger partial charge in [-0.05, 0) is 57.2 Å². The Morgan fingerprint density at radius 1 is 1.38 bits per heavy atom. The predicted molar refractivity (Wildman–Crippen MR) is 81.4 cm³/mol. The summed E-state index contributed by atoms with van der Waals surface area (Å²) in [6.07, 6.45) is 2.51. The molecular weight excluding hydrogens is 264 g/mol. The molecule has 0 spiro atoms. The maximum Gasteiger partial charge on any atom is 0.231 e. The number of anilines is 1. The Bertz CT molecular complexity index is 652. The first-order chi connectivity index (χ1) is 10.1. The van der Waals surface area contributed by atoms with Gasteiger partial charge < -0.3 is 9.84 Å². The Balaban J connectivity index is 1.75. The Kier molecular flexibility index (Phi) is 3.53. The molecule has 4 nitrogen and oxygen atoms in total. The largest absolute Gasteiger partial charge is 0.361 e. The minimum Gasteiger partial charge on any atom is -0.361 e. The molecule has 1 aliphatic rings. The summed E-state index contributed by atoms with van der Waals surface area (Å²) < 4.78 is 5.15. The summed E-state index contributed by atoms with van der Waals surface area (Å²) in [6.45, 7) is 5.59. The maximum absolute atomic E-state index is 12.4. The molecule has 1 saturated carbocycles. The Morgan fingerprint density at radius 3 is 2.76 bits per heavy atom. The fraction of sp³-hybridized carbons (Fsp3) is 0.412. The molecular formula is C17H20N2O2. The Morgan fingerprint density at radius 2 is 2.14 bits per heavy atom. The zero-order valence-corrected chi connectivity index (χ0v) is 12.6. The number of benzene rings is 1. The third kappa shape index (κ3) is 2.84. The lowest BCUT2D eigenvalue weighted by Crippen LogP contribution is -2.19. The molecule has 4 heteroatoms. The van der Waals surface area contributed by atoms with E-state index in [1.165, 1.54) is 18.4 Å². The first-order valence-electron chi connectivity index (χ1n) is 7.40. The van der Waals surface area contributed by atoms with Crippen LogP contribution in [0.5, 0.6) is 0 Å². The summed E-state index contributed by atoms with van der Waals surface area (Å²) in [5, 5.41) is 6.92. The van der Waals surface area contributed by atoms with Crippen molar-refractivity contribution in [3.63, 3.8) is 0 Å². The number of aryl methyl sites for hydroxylation is 2. The molecule has 3 rings (SSSR count). The van der Waals surface area contributed by atoms with Gasteiger partial charge in [-0.3, -0.25) is 4.79 Å². The van der Waals surface area contributed by atoms with E-state index in [2.05, 4.69) is 22.6 Å². The number of rotatable bonds is 4. The molecule has 1 amide bonds. The average Bonchev–Trinajstić information content (AvgIpc) is 3.25. The van der Waals surface area contributed by atoms with Crippen molar-refractivity contribution in [2.24, 2.45) is 0 Å². The predicted octanol–water partition coefficient (Wildman–Crippen LogP) is 3.91. The molecule has 1 heterocycles. The van der Waals surface area contributed by atoms with E-state index in [4.69, 9.17) is 4.52 Å². The molecule has 0 radical (unpaired) electrons. The van der Waals surface area contributed by atoms with Crippen LogP contribution in [0.4, 0.5) is 5.69 Å². The van der Waals surface area contributed by atoms with Crippen LogP contribution in [0, 0.1) is 13.8 Å². The average molecular weight is 284 g/mol.